The van der Waals surface area contributed by atoms with Gasteiger partial charge in [0.25, 0.3) is 15.9 Å². The Morgan fingerprint density at radius 2 is 1.79 bits per heavy atom. The van der Waals surface area contributed by atoms with Gasteiger partial charge in [-0.1, -0.05) is 48.3 Å². The number of carbonyl (C=O) groups excluding carboxylic acids is 1. The van der Waals surface area contributed by atoms with E-state index >= 15 is 0 Å². The molecule has 2 aromatic carbocycles. The molecule has 1 N–H and O–H groups in total. The molecule has 1 amide bonds. The van der Waals surface area contributed by atoms with Crippen molar-refractivity contribution >= 4 is 48.9 Å². The predicted octanol–water partition coefficient (Wildman–Crippen LogP) is 5.37. The van der Waals surface area contributed by atoms with E-state index in [0.29, 0.717) is 10.6 Å². The molecular weight excluding hydrogens is 468 g/mol. The van der Waals surface area contributed by atoms with E-state index in [2.05, 4.69) is 9.71 Å². The first kappa shape index (κ1) is 22.9. The predicted molar refractivity (Wildman–Crippen MR) is 136 cm³/mol. The fraction of sp³-hybridized carbons (Fsp3) is 0.360. The molecule has 4 aromatic rings. The van der Waals surface area contributed by atoms with Crippen molar-refractivity contribution < 1.29 is 13.2 Å². The number of aryl methyl sites for hydroxylation is 2. The Balaban J connectivity index is 1.48. The third-order valence-corrected chi connectivity index (χ3v) is 9.23. The highest BCUT2D eigenvalue weighted by molar-refractivity contribution is 7.92. The molecule has 0 bridgehead atoms. The van der Waals surface area contributed by atoms with Crippen molar-refractivity contribution in [3.8, 4) is 0 Å². The number of sulfonamides is 1. The average molecular weight is 497 g/mol. The molecule has 5 rings (SSSR count). The maximum atomic E-state index is 13.3. The van der Waals surface area contributed by atoms with Crippen LogP contribution in [0.3, 0.4) is 0 Å². The zero-order valence-corrected chi connectivity index (χ0v) is 21.2. The first-order valence-electron chi connectivity index (χ1n) is 11.5. The van der Waals surface area contributed by atoms with E-state index in [9.17, 15) is 13.2 Å². The number of hydrogen-bond acceptors (Lipinski definition) is 5. The summed E-state index contributed by atoms with van der Waals surface area (Å²) in [5, 5.41) is 0. The van der Waals surface area contributed by atoms with Crippen LogP contribution < -0.4 is 4.72 Å². The highest BCUT2D eigenvalue weighted by atomic mass is 32.2. The smallest absolute Gasteiger partial charge is 0.265 e. The summed E-state index contributed by atoms with van der Waals surface area (Å²) < 4.78 is 30.3. The van der Waals surface area contributed by atoms with Crippen molar-refractivity contribution in [3.63, 3.8) is 0 Å². The molecule has 0 radical (unpaired) electrons. The van der Waals surface area contributed by atoms with Gasteiger partial charge in [-0.2, -0.15) is 0 Å². The van der Waals surface area contributed by atoms with Crippen molar-refractivity contribution in [2.75, 3.05) is 11.8 Å². The van der Waals surface area contributed by atoms with Crippen LogP contribution in [0.2, 0.25) is 0 Å². The number of fused-ring (bicyclic) bond motifs is 3. The summed E-state index contributed by atoms with van der Waals surface area (Å²) in [6.07, 6.45) is 5.68. The van der Waals surface area contributed by atoms with Crippen LogP contribution in [0.4, 0.5) is 5.69 Å². The Morgan fingerprint density at radius 1 is 1.09 bits per heavy atom. The average Bonchev–Trinajstić information content (AvgIpc) is 3.34. The van der Waals surface area contributed by atoms with E-state index < -0.39 is 10.0 Å². The Bertz CT molecular complexity index is 1480. The molecule has 0 spiro atoms. The van der Waals surface area contributed by atoms with Crippen LogP contribution in [0.25, 0.3) is 16.0 Å². The summed E-state index contributed by atoms with van der Waals surface area (Å²) in [4.78, 5) is 21.5. The van der Waals surface area contributed by atoms with Gasteiger partial charge in [0, 0.05) is 18.8 Å². The fourth-order valence-electron chi connectivity index (χ4n) is 4.70. The molecule has 1 aliphatic rings. The van der Waals surface area contributed by atoms with Gasteiger partial charge in [-0.25, -0.2) is 13.4 Å². The van der Waals surface area contributed by atoms with E-state index in [1.54, 1.807) is 42.5 Å². The number of imidazole rings is 1. The maximum absolute atomic E-state index is 13.3. The number of rotatable bonds is 5. The van der Waals surface area contributed by atoms with E-state index in [1.807, 2.05) is 30.2 Å². The van der Waals surface area contributed by atoms with E-state index in [-0.39, 0.29) is 16.8 Å². The molecule has 0 saturated heterocycles. The van der Waals surface area contributed by atoms with Crippen LogP contribution in [0.15, 0.2) is 47.4 Å². The number of nitrogens with zero attached hydrogens (tertiary/aromatic N) is 3. The first-order valence-corrected chi connectivity index (χ1v) is 13.8. The SMILES string of the molecule is Cc1ccc(S(=O)(=O)Nc2ccc3nc4sc(C(=O)N(C)C5CCCCC5)c(C)n4c3c2)cc1. The van der Waals surface area contributed by atoms with Crippen molar-refractivity contribution in [2.24, 2.45) is 0 Å². The Hall–Kier alpha value is -2.91. The van der Waals surface area contributed by atoms with E-state index in [0.717, 1.165) is 40.1 Å². The largest absolute Gasteiger partial charge is 0.338 e. The minimum absolute atomic E-state index is 0.0317. The van der Waals surface area contributed by atoms with Crippen LogP contribution in [-0.4, -0.2) is 41.7 Å². The van der Waals surface area contributed by atoms with Gasteiger partial charge in [0.15, 0.2) is 4.96 Å². The number of benzene rings is 2. The lowest BCUT2D eigenvalue weighted by molar-refractivity contribution is 0.0700. The molecule has 34 heavy (non-hydrogen) atoms. The highest BCUT2D eigenvalue weighted by Gasteiger charge is 2.27. The van der Waals surface area contributed by atoms with Gasteiger partial charge < -0.3 is 4.90 Å². The molecule has 7 nitrogen and oxygen atoms in total. The summed E-state index contributed by atoms with van der Waals surface area (Å²) in [5.74, 6) is 0.0317. The van der Waals surface area contributed by atoms with Gasteiger partial charge in [0.2, 0.25) is 0 Å². The van der Waals surface area contributed by atoms with E-state index in [4.69, 9.17) is 0 Å². The van der Waals surface area contributed by atoms with Gasteiger partial charge in [-0.05, 0) is 57.0 Å². The Kier molecular flexibility index (Phi) is 5.85. The zero-order chi connectivity index (χ0) is 24.0. The van der Waals surface area contributed by atoms with Crippen LogP contribution >= 0.6 is 11.3 Å². The topological polar surface area (TPSA) is 83.8 Å². The van der Waals surface area contributed by atoms with Gasteiger partial charge in [-0.3, -0.25) is 13.9 Å². The summed E-state index contributed by atoms with van der Waals surface area (Å²) in [6.45, 7) is 3.84. The van der Waals surface area contributed by atoms with Gasteiger partial charge in [-0.15, -0.1) is 0 Å². The lowest BCUT2D eigenvalue weighted by Gasteiger charge is -2.31. The lowest BCUT2D eigenvalue weighted by Crippen LogP contribution is -2.38. The fourth-order valence-corrected chi connectivity index (χ4v) is 6.87. The number of carbonyl (C=O) groups is 1. The molecule has 0 unspecified atom stereocenters. The molecule has 1 saturated carbocycles. The van der Waals surface area contributed by atoms with Crippen molar-refractivity contribution in [1.29, 1.82) is 0 Å². The standard InChI is InChI=1S/C25H28N4O3S2/c1-16-9-12-20(13-10-16)34(31,32)27-18-11-14-21-22(15-18)29-17(2)23(33-25(29)26-21)24(30)28(3)19-7-5-4-6-8-19/h9-15,19,27H,4-8H2,1-3H3. The third-order valence-electron chi connectivity index (χ3n) is 6.70. The number of thiazole rings is 1. The molecule has 178 valence electrons. The Morgan fingerprint density at radius 3 is 2.50 bits per heavy atom. The van der Waals surface area contributed by atoms with Crippen LogP contribution in [0.5, 0.6) is 0 Å². The van der Waals surface area contributed by atoms with Crippen LogP contribution in [0, 0.1) is 13.8 Å². The second kappa shape index (κ2) is 8.70. The third kappa shape index (κ3) is 4.07. The minimum Gasteiger partial charge on any atom is -0.338 e. The van der Waals surface area contributed by atoms with Crippen LogP contribution in [0.1, 0.15) is 53.0 Å². The molecule has 1 aliphatic carbocycles. The van der Waals surface area contributed by atoms with Crippen molar-refractivity contribution in [1.82, 2.24) is 14.3 Å². The lowest BCUT2D eigenvalue weighted by atomic mass is 9.94. The van der Waals surface area contributed by atoms with Gasteiger partial charge in [0.1, 0.15) is 4.88 Å². The van der Waals surface area contributed by atoms with E-state index in [1.165, 1.54) is 30.6 Å². The molecule has 2 heterocycles. The summed E-state index contributed by atoms with van der Waals surface area (Å²) in [7, 11) is -1.82. The summed E-state index contributed by atoms with van der Waals surface area (Å²) >= 11 is 1.39. The maximum Gasteiger partial charge on any atom is 0.265 e. The molecule has 9 heteroatoms. The first-order chi connectivity index (χ1) is 16.2. The van der Waals surface area contributed by atoms with Gasteiger partial charge >= 0.3 is 0 Å². The number of aromatic nitrogens is 2. The molecule has 0 aliphatic heterocycles. The number of anilines is 1. The normalized spacial score (nSPS) is 15.1. The van der Waals surface area contributed by atoms with Gasteiger partial charge in [0.05, 0.1) is 21.6 Å². The Labute approximate surface area is 203 Å². The second-order valence-electron chi connectivity index (χ2n) is 9.08. The van der Waals surface area contributed by atoms with Crippen LogP contribution in [-0.2, 0) is 10.0 Å². The molecule has 2 aromatic heterocycles. The second-order valence-corrected chi connectivity index (χ2v) is 11.7. The molecular formula is C25H28N4O3S2. The molecule has 0 atom stereocenters. The minimum atomic E-state index is -3.71. The quantitative estimate of drug-likeness (QED) is 0.403. The van der Waals surface area contributed by atoms with Crippen molar-refractivity contribution in [3.05, 3.63) is 58.6 Å². The zero-order valence-electron chi connectivity index (χ0n) is 19.5. The summed E-state index contributed by atoms with van der Waals surface area (Å²) in [5.41, 5.74) is 3.80. The summed E-state index contributed by atoms with van der Waals surface area (Å²) in [6, 6.07) is 12.3. The monoisotopic (exact) mass is 496 g/mol. The highest BCUT2D eigenvalue weighted by Crippen LogP contribution is 2.32. The molecule has 1 fully saturated rings. The number of hydrogen-bond donors (Lipinski definition) is 1. The number of amides is 1. The number of nitrogens with one attached hydrogen (secondary N) is 1. The van der Waals surface area contributed by atoms with Crippen molar-refractivity contribution in [2.45, 2.75) is 56.9 Å².